The van der Waals surface area contributed by atoms with Gasteiger partial charge in [-0.25, -0.2) is 4.79 Å². The van der Waals surface area contributed by atoms with Crippen LogP contribution >= 0.6 is 0 Å². The fourth-order valence-corrected chi connectivity index (χ4v) is 8.55. The van der Waals surface area contributed by atoms with Gasteiger partial charge >= 0.3 is 5.97 Å². The number of hydrogen-bond donors (Lipinski definition) is 2. The number of amides is 4. The van der Waals surface area contributed by atoms with E-state index in [0.29, 0.717) is 13.0 Å². The van der Waals surface area contributed by atoms with E-state index in [1.165, 1.54) is 14.2 Å². The highest BCUT2D eigenvalue weighted by Crippen LogP contribution is 2.30. The number of methoxy groups -OCH3 is 3. The lowest BCUT2D eigenvalue weighted by Gasteiger charge is -2.41. The predicted octanol–water partition coefficient (Wildman–Crippen LogP) is 3.86. The average molecular weight is 831 g/mol. The van der Waals surface area contributed by atoms with E-state index < -0.39 is 54.3 Å². The summed E-state index contributed by atoms with van der Waals surface area (Å²) in [5, 5.41) is 5.99. The Morgan fingerprint density at radius 2 is 1.49 bits per heavy atom. The number of likely N-dealkylation sites (N-methyl/N-ethyl adjacent to an activating group) is 2. The van der Waals surface area contributed by atoms with Gasteiger partial charge in [0.15, 0.2) is 0 Å². The molecule has 14 nitrogen and oxygen atoms in total. The topological polar surface area (TPSA) is 150 Å². The fourth-order valence-electron chi connectivity index (χ4n) is 8.55. The largest absolute Gasteiger partial charge is 0.467 e. The number of rotatable bonds is 25. The van der Waals surface area contributed by atoms with Crippen molar-refractivity contribution in [1.29, 1.82) is 0 Å². The molecule has 59 heavy (non-hydrogen) atoms. The highest BCUT2D eigenvalue weighted by molar-refractivity contribution is 5.90. The van der Waals surface area contributed by atoms with Crippen LogP contribution in [0.15, 0.2) is 30.3 Å². The molecule has 0 aliphatic carbocycles. The second kappa shape index (κ2) is 25.2. The van der Waals surface area contributed by atoms with Crippen LogP contribution < -0.4 is 10.6 Å². The van der Waals surface area contributed by atoms with Crippen LogP contribution in [-0.4, -0.2) is 161 Å². The second-order valence-corrected chi connectivity index (χ2v) is 17.4. The molecule has 1 heterocycles. The fraction of sp³-hybridized carbons (Fsp3) is 0.756. The third-order valence-corrected chi connectivity index (χ3v) is 12.1. The van der Waals surface area contributed by atoms with Crippen LogP contribution in [0, 0.1) is 23.7 Å². The van der Waals surface area contributed by atoms with Crippen molar-refractivity contribution in [3.05, 3.63) is 35.9 Å². The first-order valence-corrected chi connectivity index (χ1v) is 21.5. The van der Waals surface area contributed by atoms with Crippen molar-refractivity contribution in [3.63, 3.8) is 0 Å². The SMILES string of the molecule is CC[C@H](C)[C@@H]([C@@H](CC(=O)N1CCC[C@H]1[C@H](OC)[C@@H](C)C(=O)N[C@@H](Cc1ccccc1)C(=O)OC)OC)N(C)C(=O)[C@@H](NC(=O)[C@H](C(C)C)N(C)CCCN(C)C)C(C)C. The van der Waals surface area contributed by atoms with Crippen molar-refractivity contribution in [1.82, 2.24) is 30.2 Å². The zero-order chi connectivity index (χ0) is 44.6. The van der Waals surface area contributed by atoms with Gasteiger partial charge in [-0.1, -0.05) is 85.2 Å². The first kappa shape index (κ1) is 51.6. The van der Waals surface area contributed by atoms with Crippen molar-refractivity contribution < 1.29 is 38.2 Å². The quantitative estimate of drug-likeness (QED) is 0.139. The number of benzene rings is 1. The Kier molecular flexibility index (Phi) is 22.1. The molecule has 4 amide bonds. The van der Waals surface area contributed by atoms with Crippen molar-refractivity contribution in [2.24, 2.45) is 23.7 Å². The number of carbonyl (C=O) groups is 5. The Morgan fingerprint density at radius 1 is 0.847 bits per heavy atom. The third-order valence-electron chi connectivity index (χ3n) is 12.1. The van der Waals surface area contributed by atoms with Crippen LogP contribution in [0.3, 0.4) is 0 Å². The third kappa shape index (κ3) is 14.8. The van der Waals surface area contributed by atoms with E-state index in [4.69, 9.17) is 14.2 Å². The van der Waals surface area contributed by atoms with E-state index in [-0.39, 0.29) is 54.2 Å². The summed E-state index contributed by atoms with van der Waals surface area (Å²) in [5.41, 5.74) is 0.876. The Bertz CT molecular complexity index is 1460. The lowest BCUT2D eigenvalue weighted by atomic mass is 9.89. The molecule has 1 aromatic rings. The molecule has 1 aliphatic heterocycles. The van der Waals surface area contributed by atoms with Crippen molar-refractivity contribution in [2.75, 3.05) is 69.2 Å². The smallest absolute Gasteiger partial charge is 0.328 e. The van der Waals surface area contributed by atoms with Gasteiger partial charge in [0.05, 0.1) is 49.8 Å². The second-order valence-electron chi connectivity index (χ2n) is 17.4. The monoisotopic (exact) mass is 831 g/mol. The van der Waals surface area contributed by atoms with Gasteiger partial charge in [-0.3, -0.25) is 24.1 Å². The van der Waals surface area contributed by atoms with E-state index in [1.807, 2.05) is 93.0 Å². The molecule has 0 saturated carbocycles. The normalized spacial score (nSPS) is 18.5. The summed E-state index contributed by atoms with van der Waals surface area (Å²) in [6.07, 6.45) is 1.97. The van der Waals surface area contributed by atoms with Gasteiger partial charge in [-0.2, -0.15) is 0 Å². The van der Waals surface area contributed by atoms with E-state index in [2.05, 4.69) is 20.4 Å². The minimum atomic E-state index is -0.893. The molecule has 1 fully saturated rings. The summed E-state index contributed by atoms with van der Waals surface area (Å²) in [6.45, 7) is 15.9. The molecule has 1 saturated heterocycles. The molecule has 2 rings (SSSR count). The Labute approximate surface area is 355 Å². The summed E-state index contributed by atoms with van der Waals surface area (Å²) in [4.78, 5) is 76.8. The van der Waals surface area contributed by atoms with E-state index in [0.717, 1.165) is 37.9 Å². The van der Waals surface area contributed by atoms with Gasteiger partial charge in [0.2, 0.25) is 23.6 Å². The van der Waals surface area contributed by atoms with Crippen molar-refractivity contribution in [2.45, 2.75) is 129 Å². The number of hydrogen-bond acceptors (Lipinski definition) is 10. The van der Waals surface area contributed by atoms with E-state index in [9.17, 15) is 24.0 Å². The molecule has 336 valence electrons. The maximum atomic E-state index is 14.5. The summed E-state index contributed by atoms with van der Waals surface area (Å²) >= 11 is 0. The zero-order valence-corrected chi connectivity index (χ0v) is 38.7. The van der Waals surface area contributed by atoms with Crippen molar-refractivity contribution >= 4 is 29.6 Å². The highest BCUT2D eigenvalue weighted by atomic mass is 16.5. The summed E-state index contributed by atoms with van der Waals surface area (Å²) in [5.74, 6) is -2.42. The van der Waals surface area contributed by atoms with Crippen molar-refractivity contribution in [3.8, 4) is 0 Å². The Morgan fingerprint density at radius 3 is 2.02 bits per heavy atom. The van der Waals surface area contributed by atoms with Gasteiger partial charge in [0.25, 0.3) is 0 Å². The lowest BCUT2D eigenvalue weighted by molar-refractivity contribution is -0.149. The minimum absolute atomic E-state index is 0.00397. The van der Waals surface area contributed by atoms with Gasteiger partial charge in [0.1, 0.15) is 12.1 Å². The molecular weight excluding hydrogens is 753 g/mol. The first-order valence-electron chi connectivity index (χ1n) is 21.5. The Hall–Kier alpha value is -3.59. The molecular formula is C45H78N6O8. The molecule has 0 unspecified atom stereocenters. The maximum absolute atomic E-state index is 14.5. The summed E-state index contributed by atoms with van der Waals surface area (Å²) in [7, 11) is 12.1. The Balaban J connectivity index is 2.28. The lowest BCUT2D eigenvalue weighted by Crippen LogP contribution is -2.60. The molecule has 1 aromatic carbocycles. The molecule has 0 radical (unpaired) electrons. The molecule has 2 N–H and O–H groups in total. The number of esters is 1. The first-order chi connectivity index (χ1) is 27.8. The highest BCUT2D eigenvalue weighted by Gasteiger charge is 2.43. The van der Waals surface area contributed by atoms with Crippen LogP contribution in [0.4, 0.5) is 0 Å². The van der Waals surface area contributed by atoms with Crippen LogP contribution in [0.25, 0.3) is 0 Å². The van der Waals surface area contributed by atoms with Gasteiger partial charge in [0, 0.05) is 34.2 Å². The van der Waals surface area contributed by atoms with Crippen LogP contribution in [0.1, 0.15) is 86.1 Å². The van der Waals surface area contributed by atoms with E-state index >= 15 is 0 Å². The summed E-state index contributed by atoms with van der Waals surface area (Å²) < 4.78 is 17.0. The number of nitrogens with one attached hydrogen (secondary N) is 2. The molecule has 9 atom stereocenters. The predicted molar refractivity (Wildman–Crippen MR) is 231 cm³/mol. The van der Waals surface area contributed by atoms with E-state index in [1.54, 1.807) is 30.9 Å². The number of nitrogens with zero attached hydrogens (tertiary/aromatic N) is 4. The summed E-state index contributed by atoms with van der Waals surface area (Å²) in [6, 6.07) is 6.44. The standard InChI is InChI=1S/C45H78N6O8/c1-15-31(6)40(50(11)44(55)38(29(2)3)47-43(54)39(30(4)5)49(10)25-20-24-48(8)9)36(57-12)28-37(52)51-26-19-23-35(51)41(58-13)32(7)42(53)46-34(45(56)59-14)27-33-21-17-16-18-22-33/h16-18,21-22,29-32,34-36,38-41H,15,19-20,23-28H2,1-14H3,(H,46,53)(H,47,54)/t31-,32+,34-,35-,36+,38-,39-,40-,41+/m0/s1. The van der Waals surface area contributed by atoms with Crippen LogP contribution in [0.5, 0.6) is 0 Å². The molecule has 0 bridgehead atoms. The van der Waals surface area contributed by atoms with Gasteiger partial charge in [-0.05, 0) is 76.8 Å². The molecule has 1 aliphatic rings. The average Bonchev–Trinajstić information content (AvgIpc) is 3.68. The molecule has 14 heteroatoms. The number of ether oxygens (including phenoxy) is 3. The zero-order valence-electron chi connectivity index (χ0n) is 38.7. The minimum Gasteiger partial charge on any atom is -0.467 e. The molecule has 0 aromatic heterocycles. The maximum Gasteiger partial charge on any atom is 0.328 e. The van der Waals surface area contributed by atoms with Crippen LogP contribution in [0.2, 0.25) is 0 Å². The molecule has 0 spiro atoms. The van der Waals surface area contributed by atoms with Gasteiger partial charge in [-0.15, -0.1) is 0 Å². The van der Waals surface area contributed by atoms with Gasteiger partial charge < -0.3 is 39.5 Å². The number of likely N-dealkylation sites (tertiary alicyclic amines) is 1. The number of carbonyl (C=O) groups excluding carboxylic acids is 5. The van der Waals surface area contributed by atoms with Crippen LogP contribution in [-0.2, 0) is 44.6 Å².